The molecule has 1 N–H and O–H groups in total. The summed E-state index contributed by atoms with van der Waals surface area (Å²) < 4.78 is 26.2. The molecule has 24 heavy (non-hydrogen) atoms. The highest BCUT2D eigenvalue weighted by Crippen LogP contribution is 2.22. The van der Waals surface area contributed by atoms with E-state index in [0.717, 1.165) is 19.1 Å². The Morgan fingerprint density at radius 2 is 2.17 bits per heavy atom. The summed E-state index contributed by atoms with van der Waals surface area (Å²) in [4.78, 5) is 30.9. The van der Waals surface area contributed by atoms with Crippen molar-refractivity contribution in [2.75, 3.05) is 6.54 Å². The molecular formula is C16H16ClF2N3O2. The number of ketones is 1. The molecule has 0 aliphatic heterocycles. The van der Waals surface area contributed by atoms with Crippen molar-refractivity contribution in [3.05, 3.63) is 53.4 Å². The predicted molar refractivity (Wildman–Crippen MR) is 89.0 cm³/mol. The molecule has 0 aliphatic rings. The Labute approximate surface area is 143 Å². The minimum Gasteiger partial charge on any atom is -0.329 e. The maximum absolute atomic E-state index is 13.1. The lowest BCUT2D eigenvalue weighted by molar-refractivity contribution is 0.0637. The molecule has 0 saturated heterocycles. The van der Waals surface area contributed by atoms with Gasteiger partial charge in [0.15, 0.2) is 5.78 Å². The van der Waals surface area contributed by atoms with Gasteiger partial charge in [-0.25, -0.2) is 13.6 Å². The van der Waals surface area contributed by atoms with Gasteiger partial charge in [0.1, 0.15) is 5.69 Å². The van der Waals surface area contributed by atoms with Crippen LogP contribution < -0.4 is 5.32 Å². The average Bonchev–Trinajstić information content (AvgIpc) is 2.50. The average molecular weight is 356 g/mol. The van der Waals surface area contributed by atoms with E-state index in [4.69, 9.17) is 11.6 Å². The molecule has 1 heterocycles. The Kier molecular flexibility index (Phi) is 6.91. The Hall–Kier alpha value is -2.41. The van der Waals surface area contributed by atoms with Crippen molar-refractivity contribution in [2.45, 2.75) is 19.8 Å². The van der Waals surface area contributed by atoms with E-state index in [9.17, 15) is 18.4 Å². The standard InChI is InChI=1S/C16H16ClF2N3O2/c1-4-12(7-10(2)16(3,18)19)22-15(24)21-9-14(23)13-8-11(17)5-6-20-13/h4-8H,1,9H2,2-3H3,(H,21,24)/b10-7+,22-12?. The molecule has 0 radical (unpaired) electrons. The molecule has 1 aromatic heterocycles. The summed E-state index contributed by atoms with van der Waals surface area (Å²) >= 11 is 5.74. The predicted octanol–water partition coefficient (Wildman–Crippen LogP) is 3.86. The van der Waals surface area contributed by atoms with Crippen LogP contribution in [0.5, 0.6) is 0 Å². The highest BCUT2D eigenvalue weighted by Gasteiger charge is 2.23. The maximum Gasteiger partial charge on any atom is 0.341 e. The fourth-order valence-electron chi connectivity index (χ4n) is 1.45. The summed E-state index contributed by atoms with van der Waals surface area (Å²) in [5.74, 6) is -3.50. The van der Waals surface area contributed by atoms with E-state index in [1.807, 2.05) is 0 Å². The number of carbonyl (C=O) groups excluding carboxylic acids is 2. The number of alkyl halides is 2. The lowest BCUT2D eigenvalue weighted by atomic mass is 10.1. The van der Waals surface area contributed by atoms with Crippen LogP contribution in [0.1, 0.15) is 24.3 Å². The molecule has 0 unspecified atom stereocenters. The Bertz CT molecular complexity index is 710. The van der Waals surface area contributed by atoms with Crippen LogP contribution >= 0.6 is 11.6 Å². The van der Waals surface area contributed by atoms with Crippen molar-refractivity contribution < 1.29 is 18.4 Å². The van der Waals surface area contributed by atoms with Crippen molar-refractivity contribution in [2.24, 2.45) is 4.99 Å². The van der Waals surface area contributed by atoms with E-state index in [-0.39, 0.29) is 23.5 Å². The number of hydrogen-bond donors (Lipinski definition) is 1. The molecule has 0 aliphatic carbocycles. The second-order valence-electron chi connectivity index (χ2n) is 4.90. The number of pyridine rings is 1. The highest BCUT2D eigenvalue weighted by atomic mass is 35.5. The molecule has 2 amide bonds. The van der Waals surface area contributed by atoms with Gasteiger partial charge in [-0.05, 0) is 36.8 Å². The number of nitrogens with one attached hydrogen (secondary N) is 1. The third kappa shape index (κ3) is 6.37. The Balaban J connectivity index is 2.73. The van der Waals surface area contributed by atoms with Crippen LogP contribution in [-0.4, -0.2) is 35.0 Å². The molecule has 0 saturated carbocycles. The number of carbonyl (C=O) groups is 2. The quantitative estimate of drug-likeness (QED) is 0.622. The number of nitrogens with zero attached hydrogens (tertiary/aromatic N) is 2. The number of hydrogen-bond acceptors (Lipinski definition) is 3. The van der Waals surface area contributed by atoms with Crippen LogP contribution in [0.25, 0.3) is 0 Å². The zero-order chi connectivity index (χ0) is 18.3. The second-order valence-corrected chi connectivity index (χ2v) is 5.33. The first-order valence-electron chi connectivity index (χ1n) is 6.83. The molecular weight excluding hydrogens is 340 g/mol. The van der Waals surface area contributed by atoms with Gasteiger partial charge >= 0.3 is 6.03 Å². The van der Waals surface area contributed by atoms with Crippen molar-refractivity contribution >= 4 is 29.1 Å². The van der Waals surface area contributed by atoms with Crippen LogP contribution in [0.4, 0.5) is 13.6 Å². The van der Waals surface area contributed by atoms with E-state index in [2.05, 4.69) is 21.9 Å². The van der Waals surface area contributed by atoms with Gasteiger partial charge < -0.3 is 5.32 Å². The smallest absolute Gasteiger partial charge is 0.329 e. The SMILES string of the molecule is C=CC(/C=C(\C)C(C)(F)F)=NC(=O)NCC(=O)c1cc(Cl)ccn1. The first kappa shape index (κ1) is 19.6. The fourth-order valence-corrected chi connectivity index (χ4v) is 1.61. The van der Waals surface area contributed by atoms with Crippen molar-refractivity contribution in [3.63, 3.8) is 0 Å². The maximum atomic E-state index is 13.1. The summed E-state index contributed by atoms with van der Waals surface area (Å²) in [6.45, 7) is 5.00. The summed E-state index contributed by atoms with van der Waals surface area (Å²) in [7, 11) is 0. The fraction of sp³-hybridized carbons (Fsp3) is 0.250. The molecule has 5 nitrogen and oxygen atoms in total. The third-order valence-corrected chi connectivity index (χ3v) is 3.14. The summed E-state index contributed by atoms with van der Waals surface area (Å²) in [6, 6.07) is 2.02. The topological polar surface area (TPSA) is 71.4 Å². The molecule has 1 rings (SSSR count). The molecule has 1 aromatic rings. The number of aromatic nitrogens is 1. The molecule has 0 spiro atoms. The lowest BCUT2D eigenvalue weighted by Crippen LogP contribution is -2.28. The first-order chi connectivity index (χ1) is 11.1. The monoisotopic (exact) mass is 355 g/mol. The van der Waals surface area contributed by atoms with E-state index >= 15 is 0 Å². The van der Waals surface area contributed by atoms with Crippen LogP contribution in [0, 0.1) is 0 Å². The van der Waals surface area contributed by atoms with Crippen LogP contribution in [0.15, 0.2) is 47.6 Å². The van der Waals surface area contributed by atoms with Gasteiger partial charge in [-0.1, -0.05) is 18.2 Å². The van der Waals surface area contributed by atoms with E-state index < -0.39 is 17.7 Å². The number of urea groups is 1. The zero-order valence-electron chi connectivity index (χ0n) is 13.1. The van der Waals surface area contributed by atoms with E-state index in [1.165, 1.54) is 25.3 Å². The lowest BCUT2D eigenvalue weighted by Gasteiger charge is -2.10. The molecule has 8 heteroatoms. The van der Waals surface area contributed by atoms with Crippen LogP contribution in [-0.2, 0) is 0 Å². The van der Waals surface area contributed by atoms with Crippen molar-refractivity contribution in [3.8, 4) is 0 Å². The van der Waals surface area contributed by atoms with E-state index in [1.54, 1.807) is 0 Å². The minimum absolute atomic E-state index is 0.0418. The highest BCUT2D eigenvalue weighted by molar-refractivity contribution is 6.30. The van der Waals surface area contributed by atoms with Crippen LogP contribution in [0.3, 0.4) is 0 Å². The molecule has 0 atom stereocenters. The number of allylic oxidation sites excluding steroid dienone is 3. The van der Waals surface area contributed by atoms with E-state index in [0.29, 0.717) is 5.02 Å². The minimum atomic E-state index is -3.03. The summed E-state index contributed by atoms with van der Waals surface area (Å²) in [6.07, 6.45) is 3.58. The molecule has 128 valence electrons. The van der Waals surface area contributed by atoms with Gasteiger partial charge in [-0.2, -0.15) is 4.99 Å². The number of halogens is 3. The van der Waals surface area contributed by atoms with Gasteiger partial charge in [-0.15, -0.1) is 0 Å². The number of aliphatic imine (C=N–C) groups is 1. The first-order valence-corrected chi connectivity index (χ1v) is 7.21. The van der Waals surface area contributed by atoms with Crippen molar-refractivity contribution in [1.29, 1.82) is 0 Å². The number of Topliss-reactive ketones (excluding diaryl/α,β-unsaturated/α-hetero) is 1. The Morgan fingerprint density at radius 1 is 1.50 bits per heavy atom. The third-order valence-electron chi connectivity index (χ3n) is 2.90. The summed E-state index contributed by atoms with van der Waals surface area (Å²) in [5.41, 5.74) is -0.218. The Morgan fingerprint density at radius 3 is 2.71 bits per heavy atom. The molecule has 0 fully saturated rings. The molecule has 0 bridgehead atoms. The molecule has 0 aromatic carbocycles. The number of amides is 2. The van der Waals surface area contributed by atoms with Gasteiger partial charge in [0.25, 0.3) is 5.92 Å². The van der Waals surface area contributed by atoms with Gasteiger partial charge in [0, 0.05) is 18.1 Å². The second kappa shape index (κ2) is 8.44. The van der Waals surface area contributed by atoms with Crippen molar-refractivity contribution in [1.82, 2.24) is 10.3 Å². The normalized spacial score (nSPS) is 12.7. The number of rotatable bonds is 6. The van der Waals surface area contributed by atoms with Crippen LogP contribution in [0.2, 0.25) is 5.02 Å². The van der Waals surface area contributed by atoms with Gasteiger partial charge in [-0.3, -0.25) is 9.78 Å². The zero-order valence-corrected chi connectivity index (χ0v) is 13.9. The van der Waals surface area contributed by atoms with Gasteiger partial charge in [0.05, 0.1) is 12.3 Å². The summed E-state index contributed by atoms with van der Waals surface area (Å²) in [5, 5.41) is 2.59. The largest absolute Gasteiger partial charge is 0.341 e. The van der Waals surface area contributed by atoms with Gasteiger partial charge in [0.2, 0.25) is 0 Å².